The third-order valence-corrected chi connectivity index (χ3v) is 5.02. The molecule has 1 fully saturated rings. The summed E-state index contributed by atoms with van der Waals surface area (Å²) in [7, 11) is 0. The van der Waals surface area contributed by atoms with Gasteiger partial charge in [0.2, 0.25) is 5.95 Å². The molecule has 0 radical (unpaired) electrons. The number of piperidine rings is 1. The molecule has 0 spiro atoms. The summed E-state index contributed by atoms with van der Waals surface area (Å²) in [5, 5.41) is 16.8. The van der Waals surface area contributed by atoms with E-state index in [0.717, 1.165) is 19.5 Å². The molecule has 0 saturated carbocycles. The van der Waals surface area contributed by atoms with Crippen LogP contribution in [0.25, 0.3) is 21.7 Å². The number of hydrogen-bond acceptors (Lipinski definition) is 7. The summed E-state index contributed by atoms with van der Waals surface area (Å²) in [6.07, 6.45) is 9.71. The molecule has 8 nitrogen and oxygen atoms in total. The molecule has 0 bridgehead atoms. The zero-order valence-electron chi connectivity index (χ0n) is 15.1. The molecule has 0 atom stereocenters. The number of non-ortho nitro benzene ring substituents is 1. The van der Waals surface area contributed by atoms with E-state index in [1.165, 1.54) is 32.4 Å². The van der Waals surface area contributed by atoms with E-state index < -0.39 is 0 Å². The first-order chi connectivity index (χ1) is 13.2. The number of aromatic nitrogens is 3. The third-order valence-electron chi connectivity index (χ3n) is 5.02. The van der Waals surface area contributed by atoms with Crippen molar-refractivity contribution in [1.82, 2.24) is 19.9 Å². The summed E-state index contributed by atoms with van der Waals surface area (Å²) in [5.41, 5.74) is 0.357. The monoisotopic (exact) mass is 366 g/mol. The summed E-state index contributed by atoms with van der Waals surface area (Å²) in [4.78, 5) is 26.6. The standard InChI is InChI=1S/C19H22N6O2/c26-25(27)18-16-5-7-20-12-14(16)11-15-13-22-19(23-17(15)18)21-6-4-10-24-8-2-1-3-9-24/h5,7,11-13H,1-4,6,8-10H2,(H,21,22,23). The van der Waals surface area contributed by atoms with E-state index in [9.17, 15) is 10.1 Å². The van der Waals surface area contributed by atoms with Crippen LogP contribution in [0, 0.1) is 10.1 Å². The van der Waals surface area contributed by atoms with Crippen LogP contribution in [0.5, 0.6) is 0 Å². The van der Waals surface area contributed by atoms with Gasteiger partial charge in [0.25, 0.3) is 0 Å². The number of benzene rings is 1. The predicted molar refractivity (Wildman–Crippen MR) is 105 cm³/mol. The van der Waals surface area contributed by atoms with Crippen molar-refractivity contribution in [3.05, 3.63) is 40.8 Å². The van der Waals surface area contributed by atoms with Crippen molar-refractivity contribution in [2.24, 2.45) is 0 Å². The molecule has 140 valence electrons. The van der Waals surface area contributed by atoms with Crippen LogP contribution >= 0.6 is 0 Å². The molecule has 0 aliphatic carbocycles. The van der Waals surface area contributed by atoms with Crippen molar-refractivity contribution >= 4 is 33.3 Å². The zero-order valence-corrected chi connectivity index (χ0v) is 15.1. The van der Waals surface area contributed by atoms with E-state index in [2.05, 4.69) is 25.2 Å². The van der Waals surface area contributed by atoms with Crippen molar-refractivity contribution < 1.29 is 4.92 Å². The summed E-state index contributed by atoms with van der Waals surface area (Å²) in [6, 6.07) is 3.49. The zero-order chi connectivity index (χ0) is 18.6. The molecule has 0 unspecified atom stereocenters. The lowest BCUT2D eigenvalue weighted by Crippen LogP contribution is -2.31. The highest BCUT2D eigenvalue weighted by Gasteiger charge is 2.20. The Morgan fingerprint density at radius 1 is 1.19 bits per heavy atom. The van der Waals surface area contributed by atoms with Crippen LogP contribution in [-0.4, -0.2) is 51.0 Å². The fourth-order valence-electron chi connectivity index (χ4n) is 3.67. The Kier molecular flexibility index (Phi) is 5.06. The number of nitrogens with zero attached hydrogens (tertiary/aromatic N) is 5. The minimum atomic E-state index is -0.377. The van der Waals surface area contributed by atoms with Crippen molar-refractivity contribution in [3.8, 4) is 0 Å². The van der Waals surface area contributed by atoms with Crippen molar-refractivity contribution in [3.63, 3.8) is 0 Å². The van der Waals surface area contributed by atoms with Gasteiger partial charge in [-0.25, -0.2) is 9.97 Å². The molecular formula is C19H22N6O2. The summed E-state index contributed by atoms with van der Waals surface area (Å²) >= 11 is 0. The number of fused-ring (bicyclic) bond motifs is 2. The lowest BCUT2D eigenvalue weighted by molar-refractivity contribution is -0.381. The van der Waals surface area contributed by atoms with Gasteiger partial charge >= 0.3 is 5.69 Å². The molecule has 4 rings (SSSR count). The number of nitro benzene ring substituents is 1. The third kappa shape index (κ3) is 3.80. The van der Waals surface area contributed by atoms with Gasteiger partial charge in [-0.1, -0.05) is 6.42 Å². The Balaban J connectivity index is 1.53. The molecule has 2 aromatic heterocycles. The molecule has 1 N–H and O–H groups in total. The lowest BCUT2D eigenvalue weighted by atomic mass is 10.1. The van der Waals surface area contributed by atoms with Crippen LogP contribution in [0.3, 0.4) is 0 Å². The number of likely N-dealkylation sites (tertiary alicyclic amines) is 1. The van der Waals surface area contributed by atoms with Crippen LogP contribution in [0.15, 0.2) is 30.7 Å². The number of nitrogens with one attached hydrogen (secondary N) is 1. The van der Waals surface area contributed by atoms with Crippen LogP contribution < -0.4 is 5.32 Å². The Morgan fingerprint density at radius 3 is 2.85 bits per heavy atom. The van der Waals surface area contributed by atoms with Crippen molar-refractivity contribution in [2.75, 3.05) is 31.5 Å². The molecule has 1 aromatic carbocycles. The van der Waals surface area contributed by atoms with Gasteiger partial charge in [0.15, 0.2) is 5.52 Å². The molecule has 1 saturated heterocycles. The van der Waals surface area contributed by atoms with Crippen LogP contribution in [0.4, 0.5) is 11.6 Å². The van der Waals surface area contributed by atoms with Crippen LogP contribution in [-0.2, 0) is 0 Å². The highest BCUT2D eigenvalue weighted by molar-refractivity contribution is 6.06. The van der Waals surface area contributed by atoms with E-state index in [-0.39, 0.29) is 10.6 Å². The number of pyridine rings is 1. The number of anilines is 1. The Bertz CT molecular complexity index is 971. The SMILES string of the molecule is O=[N+]([O-])c1c2ccncc2cc2cnc(NCCCN3CCCCC3)nc12. The van der Waals surface area contributed by atoms with Crippen LogP contribution in [0.1, 0.15) is 25.7 Å². The van der Waals surface area contributed by atoms with Crippen molar-refractivity contribution in [1.29, 1.82) is 0 Å². The number of rotatable bonds is 6. The second-order valence-corrected chi connectivity index (χ2v) is 6.89. The Morgan fingerprint density at radius 2 is 2.04 bits per heavy atom. The molecule has 27 heavy (non-hydrogen) atoms. The average Bonchev–Trinajstić information content (AvgIpc) is 2.70. The first-order valence-electron chi connectivity index (χ1n) is 9.36. The maximum atomic E-state index is 11.7. The first kappa shape index (κ1) is 17.5. The maximum Gasteiger partial charge on any atom is 0.303 e. The van der Waals surface area contributed by atoms with Gasteiger partial charge < -0.3 is 10.2 Å². The van der Waals surface area contributed by atoms with Gasteiger partial charge in [0.05, 0.1) is 10.3 Å². The molecule has 1 aliphatic heterocycles. The quantitative estimate of drug-likeness (QED) is 0.309. The highest BCUT2D eigenvalue weighted by atomic mass is 16.6. The fourth-order valence-corrected chi connectivity index (χ4v) is 3.67. The molecule has 3 aromatic rings. The van der Waals surface area contributed by atoms with Crippen LogP contribution in [0.2, 0.25) is 0 Å². The van der Waals surface area contributed by atoms with Gasteiger partial charge in [-0.2, -0.15) is 0 Å². The first-order valence-corrected chi connectivity index (χ1v) is 9.36. The maximum absolute atomic E-state index is 11.7. The minimum absolute atomic E-state index is 0.00340. The Hall–Kier alpha value is -2.87. The summed E-state index contributed by atoms with van der Waals surface area (Å²) in [5.74, 6) is 0.428. The van der Waals surface area contributed by atoms with Gasteiger partial charge in [-0.3, -0.25) is 15.1 Å². The van der Waals surface area contributed by atoms with Gasteiger partial charge in [-0.05, 0) is 51.0 Å². The van der Waals surface area contributed by atoms with E-state index in [4.69, 9.17) is 0 Å². The van der Waals surface area contributed by atoms with E-state index >= 15 is 0 Å². The van der Waals surface area contributed by atoms with Gasteiger partial charge in [0.1, 0.15) is 0 Å². The molecular weight excluding hydrogens is 344 g/mol. The molecule has 8 heteroatoms. The van der Waals surface area contributed by atoms with E-state index in [0.29, 0.717) is 27.6 Å². The number of hydrogen-bond donors (Lipinski definition) is 1. The lowest BCUT2D eigenvalue weighted by Gasteiger charge is -2.26. The van der Waals surface area contributed by atoms with Gasteiger partial charge in [-0.15, -0.1) is 0 Å². The van der Waals surface area contributed by atoms with E-state index in [1.54, 1.807) is 24.7 Å². The minimum Gasteiger partial charge on any atom is -0.354 e. The second kappa shape index (κ2) is 7.79. The fraction of sp³-hybridized carbons (Fsp3) is 0.421. The topological polar surface area (TPSA) is 97.1 Å². The number of nitro groups is 1. The molecule has 1 aliphatic rings. The largest absolute Gasteiger partial charge is 0.354 e. The second-order valence-electron chi connectivity index (χ2n) is 6.89. The smallest absolute Gasteiger partial charge is 0.303 e. The van der Waals surface area contributed by atoms with E-state index in [1.807, 2.05) is 6.07 Å². The summed E-state index contributed by atoms with van der Waals surface area (Å²) in [6.45, 7) is 4.16. The summed E-state index contributed by atoms with van der Waals surface area (Å²) < 4.78 is 0. The molecule has 0 amide bonds. The Labute approximate surface area is 156 Å². The predicted octanol–water partition coefficient (Wildman–Crippen LogP) is 3.37. The van der Waals surface area contributed by atoms with Crippen molar-refractivity contribution in [2.45, 2.75) is 25.7 Å². The highest BCUT2D eigenvalue weighted by Crippen LogP contribution is 2.33. The molecule has 3 heterocycles. The average molecular weight is 366 g/mol. The normalized spacial score (nSPS) is 15.3. The van der Waals surface area contributed by atoms with Gasteiger partial charge in [0, 0.05) is 35.9 Å².